The minimum Gasteiger partial charge on any atom is -0.493 e. The van der Waals surface area contributed by atoms with E-state index in [4.69, 9.17) is 9.47 Å². The van der Waals surface area contributed by atoms with Crippen LogP contribution in [0.3, 0.4) is 0 Å². The number of nitrogens with zero attached hydrogens (tertiary/aromatic N) is 1. The number of hydrogen-bond acceptors (Lipinski definition) is 3. The van der Waals surface area contributed by atoms with Crippen molar-refractivity contribution >= 4 is 45.9 Å². The third-order valence-electron chi connectivity index (χ3n) is 3.48. The van der Waals surface area contributed by atoms with Gasteiger partial charge < -0.3 is 20.1 Å². The molecule has 2 aromatic carbocycles. The highest BCUT2D eigenvalue weighted by Crippen LogP contribution is 2.27. The Morgan fingerprint density at radius 1 is 0.960 bits per heavy atom. The molecule has 5 nitrogen and oxygen atoms in total. The maximum atomic E-state index is 5.32. The molecule has 0 aliphatic heterocycles. The highest BCUT2D eigenvalue weighted by Gasteiger charge is 2.05. The van der Waals surface area contributed by atoms with Crippen LogP contribution in [0.2, 0.25) is 0 Å². The van der Waals surface area contributed by atoms with Gasteiger partial charge in [0.1, 0.15) is 0 Å². The molecule has 2 aromatic rings. The van der Waals surface area contributed by atoms with E-state index in [-0.39, 0.29) is 24.0 Å². The summed E-state index contributed by atoms with van der Waals surface area (Å²) in [6.45, 7) is 1.34. The van der Waals surface area contributed by atoms with Crippen LogP contribution < -0.4 is 20.1 Å². The SMILES string of the molecule is CN=C(NCc1cccc(Br)c1)NCc1ccc(OC)c(OC)c1.I. The highest BCUT2D eigenvalue weighted by atomic mass is 127. The Labute approximate surface area is 174 Å². The minimum atomic E-state index is 0. The molecule has 0 fully saturated rings. The maximum Gasteiger partial charge on any atom is 0.191 e. The standard InChI is InChI=1S/C18H22BrN3O2.HI/c1-20-18(21-11-13-5-4-6-15(19)9-13)22-12-14-7-8-16(23-2)17(10-14)24-3;/h4-10H,11-12H2,1-3H3,(H2,20,21,22);1H. The fourth-order valence-electron chi connectivity index (χ4n) is 2.23. The van der Waals surface area contributed by atoms with Crippen LogP contribution in [-0.2, 0) is 13.1 Å². The van der Waals surface area contributed by atoms with Gasteiger partial charge in [-0.3, -0.25) is 4.99 Å². The molecule has 136 valence electrons. The predicted octanol–water partition coefficient (Wildman–Crippen LogP) is 3.95. The number of benzene rings is 2. The van der Waals surface area contributed by atoms with Crippen molar-refractivity contribution in [3.63, 3.8) is 0 Å². The molecule has 0 aliphatic carbocycles. The maximum absolute atomic E-state index is 5.32. The average molecular weight is 520 g/mol. The van der Waals surface area contributed by atoms with Crippen LogP contribution in [0.4, 0.5) is 0 Å². The second-order valence-electron chi connectivity index (χ2n) is 5.10. The zero-order chi connectivity index (χ0) is 17.4. The molecule has 2 rings (SSSR count). The molecule has 0 bridgehead atoms. The zero-order valence-corrected chi connectivity index (χ0v) is 18.4. The normalized spacial score (nSPS) is 10.6. The summed E-state index contributed by atoms with van der Waals surface area (Å²) >= 11 is 3.48. The molecule has 7 heteroatoms. The molecule has 0 amide bonds. The Balaban J connectivity index is 0.00000312. The van der Waals surface area contributed by atoms with Crippen molar-refractivity contribution in [2.24, 2.45) is 4.99 Å². The summed E-state index contributed by atoms with van der Waals surface area (Å²) in [6, 6.07) is 14.0. The topological polar surface area (TPSA) is 54.9 Å². The van der Waals surface area contributed by atoms with Gasteiger partial charge in [-0.1, -0.05) is 34.1 Å². The van der Waals surface area contributed by atoms with Crippen LogP contribution in [0, 0.1) is 0 Å². The summed E-state index contributed by atoms with van der Waals surface area (Å²) in [7, 11) is 5.02. The Morgan fingerprint density at radius 3 is 2.16 bits per heavy atom. The number of aliphatic imine (C=N–C) groups is 1. The van der Waals surface area contributed by atoms with Gasteiger partial charge in [-0.25, -0.2) is 0 Å². The summed E-state index contributed by atoms with van der Waals surface area (Å²) < 4.78 is 11.6. The summed E-state index contributed by atoms with van der Waals surface area (Å²) in [5, 5.41) is 6.59. The van der Waals surface area contributed by atoms with E-state index >= 15 is 0 Å². The molecule has 0 saturated carbocycles. The first-order valence-electron chi connectivity index (χ1n) is 7.56. The smallest absolute Gasteiger partial charge is 0.191 e. The molecular weight excluding hydrogens is 497 g/mol. The lowest BCUT2D eigenvalue weighted by molar-refractivity contribution is 0.354. The van der Waals surface area contributed by atoms with Crippen LogP contribution in [0.1, 0.15) is 11.1 Å². The molecule has 0 radical (unpaired) electrons. The first-order chi connectivity index (χ1) is 11.7. The molecule has 0 aromatic heterocycles. The number of hydrogen-bond donors (Lipinski definition) is 2. The van der Waals surface area contributed by atoms with Gasteiger partial charge >= 0.3 is 0 Å². The summed E-state index contributed by atoms with van der Waals surface area (Å²) in [6.07, 6.45) is 0. The Hall–Kier alpha value is -1.48. The molecule has 0 spiro atoms. The van der Waals surface area contributed by atoms with Gasteiger partial charge in [-0.15, -0.1) is 24.0 Å². The van der Waals surface area contributed by atoms with E-state index in [0.717, 1.165) is 21.7 Å². The van der Waals surface area contributed by atoms with E-state index in [1.165, 1.54) is 5.56 Å². The number of methoxy groups -OCH3 is 2. The lowest BCUT2D eigenvalue weighted by atomic mass is 10.2. The molecule has 2 N–H and O–H groups in total. The van der Waals surface area contributed by atoms with Crippen molar-refractivity contribution in [3.8, 4) is 11.5 Å². The van der Waals surface area contributed by atoms with Crippen molar-refractivity contribution in [3.05, 3.63) is 58.1 Å². The average Bonchev–Trinajstić information content (AvgIpc) is 2.61. The van der Waals surface area contributed by atoms with E-state index in [1.54, 1.807) is 21.3 Å². The van der Waals surface area contributed by atoms with E-state index in [9.17, 15) is 0 Å². The second kappa shape index (κ2) is 11.2. The van der Waals surface area contributed by atoms with Crippen LogP contribution in [0.5, 0.6) is 11.5 Å². The molecule has 0 aliphatic rings. The highest BCUT2D eigenvalue weighted by molar-refractivity contribution is 14.0. The molecule has 0 unspecified atom stereocenters. The van der Waals surface area contributed by atoms with Gasteiger partial charge in [-0.2, -0.15) is 0 Å². The molecule has 0 saturated heterocycles. The lowest BCUT2D eigenvalue weighted by Crippen LogP contribution is -2.36. The molecular formula is C18H23BrIN3O2. The van der Waals surface area contributed by atoms with Gasteiger partial charge in [0.05, 0.1) is 14.2 Å². The van der Waals surface area contributed by atoms with Crippen molar-refractivity contribution < 1.29 is 9.47 Å². The van der Waals surface area contributed by atoms with E-state index < -0.39 is 0 Å². The summed E-state index contributed by atoms with van der Waals surface area (Å²) in [5.74, 6) is 2.18. The lowest BCUT2D eigenvalue weighted by Gasteiger charge is -2.13. The van der Waals surface area contributed by atoms with E-state index in [2.05, 4.69) is 43.7 Å². The van der Waals surface area contributed by atoms with Crippen molar-refractivity contribution in [1.82, 2.24) is 10.6 Å². The number of halogens is 2. The quantitative estimate of drug-likeness (QED) is 0.345. The third-order valence-corrected chi connectivity index (χ3v) is 3.97. The monoisotopic (exact) mass is 519 g/mol. The summed E-state index contributed by atoms with van der Waals surface area (Å²) in [4.78, 5) is 4.24. The van der Waals surface area contributed by atoms with Gasteiger partial charge in [0.2, 0.25) is 0 Å². The van der Waals surface area contributed by atoms with Crippen LogP contribution in [0.25, 0.3) is 0 Å². The predicted molar refractivity (Wildman–Crippen MR) is 116 cm³/mol. The van der Waals surface area contributed by atoms with Gasteiger partial charge in [0.15, 0.2) is 17.5 Å². The first-order valence-corrected chi connectivity index (χ1v) is 8.35. The van der Waals surface area contributed by atoms with E-state index in [1.807, 2.05) is 30.3 Å². The minimum absolute atomic E-state index is 0. The first kappa shape index (κ1) is 21.6. The Kier molecular flexibility index (Phi) is 9.66. The Bertz CT molecular complexity index is 710. The molecule has 0 heterocycles. The van der Waals surface area contributed by atoms with Crippen LogP contribution in [0.15, 0.2) is 51.9 Å². The number of ether oxygens (including phenoxy) is 2. The third kappa shape index (κ3) is 6.74. The van der Waals surface area contributed by atoms with Crippen molar-refractivity contribution in [1.29, 1.82) is 0 Å². The van der Waals surface area contributed by atoms with Crippen LogP contribution in [-0.4, -0.2) is 27.2 Å². The van der Waals surface area contributed by atoms with E-state index in [0.29, 0.717) is 18.8 Å². The summed E-state index contributed by atoms with van der Waals surface area (Å²) in [5.41, 5.74) is 2.26. The number of guanidine groups is 1. The van der Waals surface area contributed by atoms with Gasteiger partial charge in [0.25, 0.3) is 0 Å². The number of nitrogens with one attached hydrogen (secondary N) is 2. The van der Waals surface area contributed by atoms with Crippen molar-refractivity contribution in [2.75, 3.05) is 21.3 Å². The largest absolute Gasteiger partial charge is 0.493 e. The Morgan fingerprint density at radius 2 is 1.60 bits per heavy atom. The second-order valence-corrected chi connectivity index (χ2v) is 6.01. The number of rotatable bonds is 6. The van der Waals surface area contributed by atoms with Crippen molar-refractivity contribution in [2.45, 2.75) is 13.1 Å². The van der Waals surface area contributed by atoms with Gasteiger partial charge in [0, 0.05) is 24.6 Å². The molecule has 0 atom stereocenters. The fraction of sp³-hybridized carbons (Fsp3) is 0.278. The van der Waals surface area contributed by atoms with Crippen LogP contribution >= 0.6 is 39.9 Å². The van der Waals surface area contributed by atoms with Gasteiger partial charge in [-0.05, 0) is 35.4 Å². The fourth-order valence-corrected chi connectivity index (χ4v) is 2.68. The zero-order valence-electron chi connectivity index (χ0n) is 14.5. The molecule has 25 heavy (non-hydrogen) atoms.